The number of ether oxygens (including phenoxy) is 2. The summed E-state index contributed by atoms with van der Waals surface area (Å²) in [5.74, 6) is -0.998. The Labute approximate surface area is 89.2 Å². The first-order valence-electron chi connectivity index (χ1n) is 4.99. The van der Waals surface area contributed by atoms with Gasteiger partial charge in [-0.1, -0.05) is 12.2 Å². The van der Waals surface area contributed by atoms with Gasteiger partial charge in [-0.25, -0.2) is 0 Å². The van der Waals surface area contributed by atoms with Crippen LogP contribution in [0.4, 0.5) is 0 Å². The van der Waals surface area contributed by atoms with Crippen molar-refractivity contribution < 1.29 is 19.1 Å². The average molecular weight is 212 g/mol. The molecule has 0 amide bonds. The fourth-order valence-corrected chi connectivity index (χ4v) is 1.87. The van der Waals surface area contributed by atoms with Crippen LogP contribution in [0.5, 0.6) is 0 Å². The van der Waals surface area contributed by atoms with Gasteiger partial charge in [0.2, 0.25) is 0 Å². The predicted octanol–water partition coefficient (Wildman–Crippen LogP) is 1.45. The van der Waals surface area contributed by atoms with E-state index in [1.165, 1.54) is 14.2 Å². The van der Waals surface area contributed by atoms with Crippen molar-refractivity contribution in [1.29, 1.82) is 0 Å². The van der Waals surface area contributed by atoms with Crippen LogP contribution >= 0.6 is 0 Å². The fraction of sp³-hybridized carbons (Fsp3) is 0.636. The molecule has 15 heavy (non-hydrogen) atoms. The molecule has 0 atom stereocenters. The molecule has 0 N–H and O–H groups in total. The molecule has 0 spiro atoms. The van der Waals surface area contributed by atoms with Crippen LogP contribution < -0.4 is 0 Å². The molecule has 0 unspecified atom stereocenters. The number of rotatable bonds is 2. The second-order valence-electron chi connectivity index (χ2n) is 3.63. The highest BCUT2D eigenvalue weighted by Gasteiger charge is 2.47. The zero-order valence-corrected chi connectivity index (χ0v) is 9.12. The van der Waals surface area contributed by atoms with Gasteiger partial charge in [0.15, 0.2) is 5.41 Å². The molecule has 0 aliphatic heterocycles. The minimum Gasteiger partial charge on any atom is -0.468 e. The average Bonchev–Trinajstić information content (AvgIpc) is 2.53. The number of carbonyl (C=O) groups excluding carboxylic acids is 2. The van der Waals surface area contributed by atoms with Gasteiger partial charge in [-0.15, -0.1) is 0 Å². The van der Waals surface area contributed by atoms with Crippen LogP contribution in [0.25, 0.3) is 0 Å². The summed E-state index contributed by atoms with van der Waals surface area (Å²) >= 11 is 0. The molecule has 0 fully saturated rings. The van der Waals surface area contributed by atoms with Gasteiger partial charge >= 0.3 is 11.9 Å². The molecule has 0 bridgehead atoms. The van der Waals surface area contributed by atoms with E-state index < -0.39 is 17.4 Å². The lowest BCUT2D eigenvalue weighted by Crippen LogP contribution is -2.40. The van der Waals surface area contributed by atoms with Gasteiger partial charge in [-0.2, -0.15) is 0 Å². The second-order valence-corrected chi connectivity index (χ2v) is 3.63. The lowest BCUT2D eigenvalue weighted by atomic mass is 9.81. The van der Waals surface area contributed by atoms with E-state index in [1.807, 2.05) is 12.2 Å². The molecule has 1 aliphatic rings. The van der Waals surface area contributed by atoms with Gasteiger partial charge in [0.25, 0.3) is 0 Å². The molecule has 0 aromatic rings. The minimum absolute atomic E-state index is 0.367. The Morgan fingerprint density at radius 1 is 1.13 bits per heavy atom. The Hall–Kier alpha value is -1.32. The normalized spacial score (nSPS) is 19.1. The molecule has 1 rings (SSSR count). The quantitative estimate of drug-likeness (QED) is 0.395. The smallest absolute Gasteiger partial charge is 0.323 e. The molecule has 0 saturated heterocycles. The highest BCUT2D eigenvalue weighted by molar-refractivity contribution is 6.00. The first-order valence-corrected chi connectivity index (χ1v) is 4.99. The van der Waals surface area contributed by atoms with Crippen molar-refractivity contribution >= 4 is 11.9 Å². The number of hydrogen-bond donors (Lipinski definition) is 0. The standard InChI is InChI=1S/C11H16O4/c1-14-9(12)11(10(13)15-2)7-5-3-4-6-8-11/h3,5H,4,6-8H2,1-2H3. The summed E-state index contributed by atoms with van der Waals surface area (Å²) in [5, 5.41) is 0. The van der Waals surface area contributed by atoms with Gasteiger partial charge in [0.1, 0.15) is 0 Å². The summed E-state index contributed by atoms with van der Waals surface area (Å²) in [7, 11) is 2.59. The van der Waals surface area contributed by atoms with Crippen LogP contribution in [0.15, 0.2) is 12.2 Å². The highest BCUT2D eigenvalue weighted by atomic mass is 16.5. The molecule has 0 aromatic heterocycles. The number of esters is 2. The molecule has 84 valence electrons. The zero-order chi connectivity index (χ0) is 11.3. The predicted molar refractivity (Wildman–Crippen MR) is 54.1 cm³/mol. The van der Waals surface area contributed by atoms with E-state index in [-0.39, 0.29) is 0 Å². The fourth-order valence-electron chi connectivity index (χ4n) is 1.87. The van der Waals surface area contributed by atoms with Crippen molar-refractivity contribution in [2.75, 3.05) is 14.2 Å². The topological polar surface area (TPSA) is 52.6 Å². The Kier molecular flexibility index (Phi) is 3.88. The summed E-state index contributed by atoms with van der Waals surface area (Å²) < 4.78 is 9.40. The summed E-state index contributed by atoms with van der Waals surface area (Å²) in [6, 6.07) is 0. The van der Waals surface area contributed by atoms with Crippen LogP contribution in [0, 0.1) is 5.41 Å². The van der Waals surface area contributed by atoms with Gasteiger partial charge in [-0.05, 0) is 25.7 Å². The SMILES string of the molecule is COC(=O)C1(C(=O)OC)CC=CCCC1. The molecule has 0 aromatic carbocycles. The maximum atomic E-state index is 11.7. The number of allylic oxidation sites excluding steroid dienone is 2. The molecule has 0 heterocycles. The monoisotopic (exact) mass is 212 g/mol. The van der Waals surface area contributed by atoms with Gasteiger partial charge in [0, 0.05) is 0 Å². The second kappa shape index (κ2) is 4.96. The van der Waals surface area contributed by atoms with Gasteiger partial charge < -0.3 is 9.47 Å². The highest BCUT2D eigenvalue weighted by Crippen LogP contribution is 2.34. The molecule has 0 saturated carbocycles. The van der Waals surface area contributed by atoms with Crippen molar-refractivity contribution in [3.63, 3.8) is 0 Å². The number of hydrogen-bond acceptors (Lipinski definition) is 4. The van der Waals surface area contributed by atoms with Crippen molar-refractivity contribution in [1.82, 2.24) is 0 Å². The minimum atomic E-state index is -1.13. The molecule has 0 radical (unpaired) electrons. The van der Waals surface area contributed by atoms with E-state index >= 15 is 0 Å². The molecule has 4 nitrogen and oxygen atoms in total. The van der Waals surface area contributed by atoms with Crippen molar-refractivity contribution in [2.24, 2.45) is 5.41 Å². The molecule has 1 aliphatic carbocycles. The first-order chi connectivity index (χ1) is 7.17. The van der Waals surface area contributed by atoms with Gasteiger partial charge in [0.05, 0.1) is 14.2 Å². The maximum absolute atomic E-state index is 11.7. The van der Waals surface area contributed by atoms with E-state index in [4.69, 9.17) is 9.47 Å². The lowest BCUT2D eigenvalue weighted by Gasteiger charge is -2.25. The molecular weight excluding hydrogens is 196 g/mol. The first kappa shape index (κ1) is 11.8. The maximum Gasteiger partial charge on any atom is 0.323 e. The Morgan fingerprint density at radius 3 is 2.27 bits per heavy atom. The number of methoxy groups -OCH3 is 2. The van der Waals surface area contributed by atoms with Crippen LogP contribution in [-0.4, -0.2) is 26.2 Å². The third-order valence-electron chi connectivity index (χ3n) is 2.76. The molecular formula is C11H16O4. The van der Waals surface area contributed by atoms with Crippen molar-refractivity contribution in [3.05, 3.63) is 12.2 Å². The van der Waals surface area contributed by atoms with Crippen LogP contribution in [-0.2, 0) is 19.1 Å². The lowest BCUT2D eigenvalue weighted by molar-refractivity contribution is -0.169. The summed E-state index contributed by atoms with van der Waals surface area (Å²) in [5.41, 5.74) is -1.13. The van der Waals surface area contributed by atoms with Crippen LogP contribution in [0.1, 0.15) is 25.7 Å². The van der Waals surface area contributed by atoms with E-state index in [0.29, 0.717) is 12.8 Å². The third-order valence-corrected chi connectivity index (χ3v) is 2.76. The van der Waals surface area contributed by atoms with Crippen LogP contribution in [0.3, 0.4) is 0 Å². The van der Waals surface area contributed by atoms with E-state index in [1.54, 1.807) is 0 Å². The Balaban J connectivity index is 2.98. The van der Waals surface area contributed by atoms with E-state index in [0.717, 1.165) is 12.8 Å². The van der Waals surface area contributed by atoms with Crippen molar-refractivity contribution in [3.8, 4) is 0 Å². The summed E-state index contributed by atoms with van der Waals surface area (Å²) in [4.78, 5) is 23.4. The number of carbonyl (C=O) groups is 2. The molecule has 4 heteroatoms. The van der Waals surface area contributed by atoms with Crippen LogP contribution in [0.2, 0.25) is 0 Å². The largest absolute Gasteiger partial charge is 0.468 e. The zero-order valence-electron chi connectivity index (χ0n) is 9.12. The van der Waals surface area contributed by atoms with Crippen molar-refractivity contribution in [2.45, 2.75) is 25.7 Å². The summed E-state index contributed by atoms with van der Waals surface area (Å²) in [6.07, 6.45) is 6.36. The van der Waals surface area contributed by atoms with E-state index in [2.05, 4.69) is 0 Å². The van der Waals surface area contributed by atoms with E-state index in [9.17, 15) is 9.59 Å². The van der Waals surface area contributed by atoms with Gasteiger partial charge in [-0.3, -0.25) is 9.59 Å². The Morgan fingerprint density at radius 2 is 1.73 bits per heavy atom. The third kappa shape index (κ3) is 2.19. The summed E-state index contributed by atoms with van der Waals surface area (Å²) in [6.45, 7) is 0. The Bertz CT molecular complexity index is 264.